The maximum Gasteiger partial charge on any atom is 0.255 e. The molecule has 0 aliphatic carbocycles. The number of carbonyl (C=O) groups excluding carboxylic acids is 1. The van der Waals surface area contributed by atoms with Gasteiger partial charge in [0, 0.05) is 31.7 Å². The van der Waals surface area contributed by atoms with Gasteiger partial charge in [-0.2, -0.15) is 0 Å². The normalized spacial score (nSPS) is 15.2. The van der Waals surface area contributed by atoms with Crippen LogP contribution in [0.15, 0.2) is 24.3 Å². The third kappa shape index (κ3) is 4.02. The molecule has 2 aromatic rings. The average Bonchev–Trinajstić information content (AvgIpc) is 2.65. The molecule has 1 N–H and O–H groups in total. The summed E-state index contributed by atoms with van der Waals surface area (Å²) in [6, 6.07) is 7.69. The molecule has 2 heterocycles. The van der Waals surface area contributed by atoms with Crippen molar-refractivity contribution in [3.63, 3.8) is 0 Å². The molecule has 1 aliphatic heterocycles. The molecule has 0 atom stereocenters. The van der Waals surface area contributed by atoms with Gasteiger partial charge in [0.1, 0.15) is 0 Å². The predicted molar refractivity (Wildman–Crippen MR) is 105 cm³/mol. The third-order valence-electron chi connectivity index (χ3n) is 4.91. The summed E-state index contributed by atoms with van der Waals surface area (Å²) in [5, 5.41) is 2.98. The van der Waals surface area contributed by atoms with Crippen LogP contribution >= 0.6 is 0 Å². The first-order valence-corrected chi connectivity index (χ1v) is 9.17. The summed E-state index contributed by atoms with van der Waals surface area (Å²) < 4.78 is 0. The fourth-order valence-corrected chi connectivity index (χ4v) is 3.10. The molecule has 0 saturated carbocycles. The maximum absolute atomic E-state index is 12.6. The summed E-state index contributed by atoms with van der Waals surface area (Å²) in [6.07, 6.45) is 0.960. The van der Waals surface area contributed by atoms with Gasteiger partial charge >= 0.3 is 0 Å². The Morgan fingerprint density at radius 1 is 1.04 bits per heavy atom. The Morgan fingerprint density at radius 3 is 2.15 bits per heavy atom. The standard InChI is InChI=1S/C20H27N5O/c1-5-16-6-8-17(9-7-16)19(26)23-18-14(2)21-20(22-15(18)3)25-12-10-24(4)11-13-25/h6-9H,5,10-13H2,1-4H3,(H,23,26). The highest BCUT2D eigenvalue weighted by Crippen LogP contribution is 2.22. The molecule has 1 fully saturated rings. The van der Waals surface area contributed by atoms with Gasteiger partial charge in [0.2, 0.25) is 5.95 Å². The van der Waals surface area contributed by atoms with Crippen LogP contribution < -0.4 is 10.2 Å². The minimum atomic E-state index is -0.130. The first kappa shape index (κ1) is 18.3. The summed E-state index contributed by atoms with van der Waals surface area (Å²) in [5.74, 6) is 0.619. The Morgan fingerprint density at radius 2 is 1.62 bits per heavy atom. The van der Waals surface area contributed by atoms with Crippen LogP contribution in [0.5, 0.6) is 0 Å². The van der Waals surface area contributed by atoms with Crippen molar-refractivity contribution in [2.75, 3.05) is 43.4 Å². The van der Waals surface area contributed by atoms with Crippen LogP contribution in [-0.4, -0.2) is 54.0 Å². The van der Waals surface area contributed by atoms with Gasteiger partial charge in [-0.05, 0) is 45.0 Å². The molecule has 1 aliphatic rings. The zero-order chi connectivity index (χ0) is 18.7. The highest BCUT2D eigenvalue weighted by molar-refractivity contribution is 6.04. The molecule has 0 bridgehead atoms. The molecule has 138 valence electrons. The number of rotatable bonds is 4. The van der Waals surface area contributed by atoms with Gasteiger partial charge in [-0.25, -0.2) is 9.97 Å². The van der Waals surface area contributed by atoms with E-state index in [1.165, 1.54) is 5.56 Å². The smallest absolute Gasteiger partial charge is 0.255 e. The summed E-state index contributed by atoms with van der Waals surface area (Å²) in [5.41, 5.74) is 4.15. The number of aromatic nitrogens is 2. The largest absolute Gasteiger partial charge is 0.338 e. The molecule has 0 spiro atoms. The lowest BCUT2D eigenvalue weighted by Gasteiger charge is -2.32. The molecular weight excluding hydrogens is 326 g/mol. The number of benzene rings is 1. The number of nitrogens with one attached hydrogen (secondary N) is 1. The van der Waals surface area contributed by atoms with E-state index < -0.39 is 0 Å². The zero-order valence-corrected chi connectivity index (χ0v) is 16.0. The molecular formula is C20H27N5O. The fourth-order valence-electron chi connectivity index (χ4n) is 3.10. The van der Waals surface area contributed by atoms with E-state index in [1.807, 2.05) is 38.1 Å². The van der Waals surface area contributed by atoms with E-state index in [0.29, 0.717) is 11.3 Å². The highest BCUT2D eigenvalue weighted by Gasteiger charge is 2.19. The van der Waals surface area contributed by atoms with E-state index in [9.17, 15) is 4.79 Å². The number of aryl methyl sites for hydroxylation is 3. The summed E-state index contributed by atoms with van der Waals surface area (Å²) >= 11 is 0. The molecule has 6 nitrogen and oxygen atoms in total. The average molecular weight is 353 g/mol. The van der Waals surface area contributed by atoms with Crippen LogP contribution in [0.1, 0.15) is 34.2 Å². The molecule has 1 aromatic heterocycles. The van der Waals surface area contributed by atoms with E-state index in [4.69, 9.17) is 0 Å². The van der Waals surface area contributed by atoms with Crippen LogP contribution in [-0.2, 0) is 6.42 Å². The van der Waals surface area contributed by atoms with Gasteiger partial charge < -0.3 is 15.1 Å². The minimum absolute atomic E-state index is 0.130. The second kappa shape index (κ2) is 7.83. The molecule has 1 amide bonds. The van der Waals surface area contributed by atoms with E-state index >= 15 is 0 Å². The van der Waals surface area contributed by atoms with Crippen molar-refractivity contribution in [3.8, 4) is 0 Å². The minimum Gasteiger partial charge on any atom is -0.338 e. The number of hydrogen-bond donors (Lipinski definition) is 1. The van der Waals surface area contributed by atoms with Crippen molar-refractivity contribution >= 4 is 17.5 Å². The fraction of sp³-hybridized carbons (Fsp3) is 0.450. The quantitative estimate of drug-likeness (QED) is 0.916. The first-order chi connectivity index (χ1) is 12.5. The van der Waals surface area contributed by atoms with E-state index in [0.717, 1.165) is 49.9 Å². The predicted octanol–water partition coefficient (Wildman–Crippen LogP) is 2.66. The van der Waals surface area contributed by atoms with Gasteiger partial charge in [0.25, 0.3) is 5.91 Å². The van der Waals surface area contributed by atoms with Gasteiger partial charge in [-0.1, -0.05) is 19.1 Å². The molecule has 1 aromatic carbocycles. The topological polar surface area (TPSA) is 61.4 Å². The Balaban J connectivity index is 1.76. The Labute approximate surface area is 155 Å². The number of piperazine rings is 1. The number of anilines is 2. The van der Waals surface area contributed by atoms with Gasteiger partial charge in [-0.15, -0.1) is 0 Å². The van der Waals surface area contributed by atoms with Crippen molar-refractivity contribution in [3.05, 3.63) is 46.8 Å². The molecule has 3 rings (SSSR count). The van der Waals surface area contributed by atoms with Crippen LogP contribution in [0.25, 0.3) is 0 Å². The monoisotopic (exact) mass is 353 g/mol. The van der Waals surface area contributed by atoms with Crippen LogP contribution in [0.2, 0.25) is 0 Å². The summed E-state index contributed by atoms with van der Waals surface area (Å²) in [4.78, 5) is 26.3. The Hall–Kier alpha value is -2.47. The van der Waals surface area contributed by atoms with E-state index in [-0.39, 0.29) is 5.91 Å². The van der Waals surface area contributed by atoms with Crippen molar-refractivity contribution < 1.29 is 4.79 Å². The molecule has 0 unspecified atom stereocenters. The van der Waals surface area contributed by atoms with E-state index in [2.05, 4.69) is 39.1 Å². The maximum atomic E-state index is 12.6. The van der Waals surface area contributed by atoms with Crippen LogP contribution in [0.3, 0.4) is 0 Å². The molecule has 1 saturated heterocycles. The Bertz CT molecular complexity index is 756. The lowest BCUT2D eigenvalue weighted by Crippen LogP contribution is -2.45. The van der Waals surface area contributed by atoms with Gasteiger partial charge in [0.15, 0.2) is 0 Å². The SMILES string of the molecule is CCc1ccc(C(=O)Nc2c(C)nc(N3CCN(C)CC3)nc2C)cc1. The van der Waals surface area contributed by atoms with Crippen molar-refractivity contribution in [1.82, 2.24) is 14.9 Å². The third-order valence-corrected chi connectivity index (χ3v) is 4.91. The number of likely N-dealkylation sites (N-methyl/N-ethyl adjacent to an activating group) is 1. The van der Waals surface area contributed by atoms with E-state index in [1.54, 1.807) is 0 Å². The van der Waals surface area contributed by atoms with Crippen LogP contribution in [0.4, 0.5) is 11.6 Å². The zero-order valence-electron chi connectivity index (χ0n) is 16.0. The lowest BCUT2D eigenvalue weighted by molar-refractivity contribution is 0.102. The first-order valence-electron chi connectivity index (χ1n) is 9.17. The Kier molecular flexibility index (Phi) is 5.52. The van der Waals surface area contributed by atoms with Crippen molar-refractivity contribution in [1.29, 1.82) is 0 Å². The van der Waals surface area contributed by atoms with Crippen LogP contribution in [0, 0.1) is 13.8 Å². The number of carbonyl (C=O) groups is 1. The lowest BCUT2D eigenvalue weighted by atomic mass is 10.1. The molecule has 26 heavy (non-hydrogen) atoms. The summed E-state index contributed by atoms with van der Waals surface area (Å²) in [7, 11) is 2.13. The van der Waals surface area contributed by atoms with Crippen molar-refractivity contribution in [2.24, 2.45) is 0 Å². The number of nitrogens with zero attached hydrogens (tertiary/aromatic N) is 4. The second-order valence-electron chi connectivity index (χ2n) is 6.86. The number of hydrogen-bond acceptors (Lipinski definition) is 5. The highest BCUT2D eigenvalue weighted by atomic mass is 16.1. The second-order valence-corrected chi connectivity index (χ2v) is 6.86. The number of amides is 1. The molecule has 6 heteroatoms. The van der Waals surface area contributed by atoms with Crippen molar-refractivity contribution in [2.45, 2.75) is 27.2 Å². The van der Waals surface area contributed by atoms with Gasteiger partial charge in [0.05, 0.1) is 17.1 Å². The molecule has 0 radical (unpaired) electrons. The van der Waals surface area contributed by atoms with Gasteiger partial charge in [-0.3, -0.25) is 4.79 Å². The summed E-state index contributed by atoms with van der Waals surface area (Å²) in [6.45, 7) is 9.80.